The molecule has 1 aliphatic heterocycles. The summed E-state index contributed by atoms with van der Waals surface area (Å²) in [6.45, 7) is 3.58. The maximum absolute atomic E-state index is 9.63. The molecule has 3 rings (SSSR count). The largest absolute Gasteiger partial charge is 0.296 e. The molecule has 5 atom stereocenters. The third-order valence-corrected chi connectivity index (χ3v) is 6.50. The predicted octanol–water partition coefficient (Wildman–Crippen LogP) is 4.75. The molecular weight excluding hydrogens is 256 g/mol. The van der Waals surface area contributed by atoms with Gasteiger partial charge < -0.3 is 0 Å². The van der Waals surface area contributed by atoms with Crippen molar-refractivity contribution < 1.29 is 0 Å². The molecule has 3 fully saturated rings. The molecule has 0 radical (unpaired) electrons. The lowest BCUT2D eigenvalue weighted by Gasteiger charge is -2.50. The van der Waals surface area contributed by atoms with E-state index in [4.69, 9.17) is 0 Å². The first-order valence-electron chi connectivity index (χ1n) is 9.48. The molecule has 2 saturated carbocycles. The third-order valence-electron chi connectivity index (χ3n) is 6.50. The van der Waals surface area contributed by atoms with E-state index >= 15 is 0 Å². The highest BCUT2D eigenvalue weighted by Gasteiger charge is 2.41. The van der Waals surface area contributed by atoms with Crippen molar-refractivity contribution in [2.75, 3.05) is 6.54 Å². The Hall–Kier alpha value is -0.550. The van der Waals surface area contributed by atoms with Crippen molar-refractivity contribution in [2.45, 2.75) is 89.6 Å². The first kappa shape index (κ1) is 15.3. The lowest BCUT2D eigenvalue weighted by molar-refractivity contribution is -0.00922. The zero-order chi connectivity index (χ0) is 14.7. The second-order valence-electron chi connectivity index (χ2n) is 7.76. The summed E-state index contributed by atoms with van der Waals surface area (Å²) in [5, 5.41) is 9.63. The van der Waals surface area contributed by atoms with Crippen molar-refractivity contribution in [1.82, 2.24) is 4.90 Å². The second-order valence-corrected chi connectivity index (χ2v) is 7.76. The van der Waals surface area contributed by atoms with E-state index in [1.54, 1.807) is 0 Å². The van der Waals surface area contributed by atoms with E-state index in [0.717, 1.165) is 24.3 Å². The van der Waals surface area contributed by atoms with Crippen LogP contribution < -0.4 is 0 Å². The maximum Gasteiger partial charge on any atom is 0.0672 e. The van der Waals surface area contributed by atoms with Gasteiger partial charge in [0.05, 0.1) is 12.0 Å². The number of fused-ring (bicyclic) bond motifs is 1. The van der Waals surface area contributed by atoms with Crippen LogP contribution in [0.2, 0.25) is 0 Å². The minimum absolute atomic E-state index is 0.304. The van der Waals surface area contributed by atoms with Gasteiger partial charge in [-0.05, 0) is 63.3 Å². The highest BCUT2D eigenvalue weighted by atomic mass is 15.2. The second kappa shape index (κ2) is 7.14. The molecule has 1 saturated heterocycles. The van der Waals surface area contributed by atoms with Crippen LogP contribution in [0.25, 0.3) is 0 Å². The number of likely N-dealkylation sites (tertiary alicyclic amines) is 1. The van der Waals surface area contributed by atoms with Gasteiger partial charge in [0, 0.05) is 12.1 Å². The molecule has 3 aliphatic rings. The summed E-state index contributed by atoms with van der Waals surface area (Å²) in [7, 11) is 0. The van der Waals surface area contributed by atoms with Crippen LogP contribution in [-0.4, -0.2) is 23.5 Å². The molecule has 0 aromatic carbocycles. The van der Waals surface area contributed by atoms with Crippen molar-refractivity contribution in [2.24, 2.45) is 17.8 Å². The van der Waals surface area contributed by atoms with Gasteiger partial charge in [-0.15, -0.1) is 0 Å². The fourth-order valence-corrected chi connectivity index (χ4v) is 5.49. The molecule has 3 unspecified atom stereocenters. The molecule has 118 valence electrons. The fourth-order valence-electron chi connectivity index (χ4n) is 5.49. The van der Waals surface area contributed by atoms with Crippen LogP contribution >= 0.6 is 0 Å². The van der Waals surface area contributed by atoms with E-state index in [2.05, 4.69) is 17.9 Å². The van der Waals surface area contributed by atoms with Crippen molar-refractivity contribution in [3.63, 3.8) is 0 Å². The molecule has 2 nitrogen and oxygen atoms in total. The first-order chi connectivity index (χ1) is 10.3. The lowest BCUT2D eigenvalue weighted by atomic mass is 9.72. The highest BCUT2D eigenvalue weighted by molar-refractivity contribution is 5.01. The fraction of sp³-hybridized carbons (Fsp3) is 0.947. The predicted molar refractivity (Wildman–Crippen MR) is 86.8 cm³/mol. The summed E-state index contributed by atoms with van der Waals surface area (Å²) in [5.74, 6) is 2.13. The van der Waals surface area contributed by atoms with Crippen LogP contribution in [-0.2, 0) is 0 Å². The number of nitriles is 1. The Balaban J connectivity index is 1.73. The molecule has 0 bridgehead atoms. The molecule has 0 spiro atoms. The minimum atomic E-state index is 0.304. The summed E-state index contributed by atoms with van der Waals surface area (Å²) < 4.78 is 0. The molecular formula is C19H32N2. The van der Waals surface area contributed by atoms with E-state index in [-0.39, 0.29) is 0 Å². The van der Waals surface area contributed by atoms with E-state index in [1.807, 2.05) is 0 Å². The zero-order valence-corrected chi connectivity index (χ0v) is 13.8. The summed E-state index contributed by atoms with van der Waals surface area (Å²) in [5.41, 5.74) is 0. The van der Waals surface area contributed by atoms with Crippen LogP contribution in [0.4, 0.5) is 0 Å². The van der Waals surface area contributed by atoms with Crippen molar-refractivity contribution in [1.29, 1.82) is 5.26 Å². The van der Waals surface area contributed by atoms with Crippen molar-refractivity contribution in [3.8, 4) is 6.07 Å². The van der Waals surface area contributed by atoms with Crippen molar-refractivity contribution >= 4 is 0 Å². The van der Waals surface area contributed by atoms with Gasteiger partial charge in [0.25, 0.3) is 0 Å². The summed E-state index contributed by atoms with van der Waals surface area (Å²) >= 11 is 0. The Morgan fingerprint density at radius 3 is 2.62 bits per heavy atom. The van der Waals surface area contributed by atoms with Gasteiger partial charge in [0.2, 0.25) is 0 Å². The molecule has 21 heavy (non-hydrogen) atoms. The Bertz CT molecular complexity index is 370. The van der Waals surface area contributed by atoms with Crippen LogP contribution in [0.15, 0.2) is 0 Å². The van der Waals surface area contributed by atoms with Gasteiger partial charge in [0.1, 0.15) is 0 Å². The van der Waals surface area contributed by atoms with Crippen LogP contribution in [0.5, 0.6) is 0 Å². The number of piperidine rings is 1. The topological polar surface area (TPSA) is 27.0 Å². The van der Waals surface area contributed by atoms with Gasteiger partial charge in [-0.3, -0.25) is 4.90 Å². The Morgan fingerprint density at radius 2 is 1.81 bits per heavy atom. The first-order valence-corrected chi connectivity index (χ1v) is 9.48. The van der Waals surface area contributed by atoms with E-state index in [0.29, 0.717) is 12.0 Å². The summed E-state index contributed by atoms with van der Waals surface area (Å²) in [4.78, 5) is 2.82. The smallest absolute Gasteiger partial charge is 0.0672 e. The molecule has 0 N–H and O–H groups in total. The Labute approximate surface area is 130 Å². The van der Waals surface area contributed by atoms with Crippen LogP contribution in [0.1, 0.15) is 77.6 Å². The average Bonchev–Trinajstić information content (AvgIpc) is 2.54. The van der Waals surface area contributed by atoms with Gasteiger partial charge in [0.15, 0.2) is 0 Å². The monoisotopic (exact) mass is 288 g/mol. The van der Waals surface area contributed by atoms with Gasteiger partial charge in [-0.2, -0.15) is 5.26 Å². The third kappa shape index (κ3) is 3.29. The highest BCUT2D eigenvalue weighted by Crippen LogP contribution is 2.41. The molecule has 1 heterocycles. The molecule has 2 aliphatic carbocycles. The van der Waals surface area contributed by atoms with E-state index in [9.17, 15) is 5.26 Å². The molecule has 2 heteroatoms. The van der Waals surface area contributed by atoms with Crippen LogP contribution in [0.3, 0.4) is 0 Å². The number of hydrogen-bond acceptors (Lipinski definition) is 2. The lowest BCUT2D eigenvalue weighted by Crippen LogP contribution is -2.55. The van der Waals surface area contributed by atoms with E-state index in [1.165, 1.54) is 70.8 Å². The van der Waals surface area contributed by atoms with Gasteiger partial charge in [-0.25, -0.2) is 0 Å². The summed E-state index contributed by atoms with van der Waals surface area (Å²) in [6.07, 6.45) is 15.0. The Morgan fingerprint density at radius 1 is 1.00 bits per heavy atom. The number of nitrogens with zero attached hydrogens (tertiary/aromatic N) is 2. The molecule has 0 amide bonds. The van der Waals surface area contributed by atoms with E-state index < -0.39 is 0 Å². The standard InChI is InChI=1S/C19H32N2/c1-2-6-15-10-11-17(14-20)19(13-15)21-12-5-8-16-7-3-4-9-18(16)21/h15-19H,2-13H2,1H3/t15?,16-,17?,18-,19?/m1/s1. The molecule has 0 aromatic heterocycles. The molecule has 0 aromatic rings. The minimum Gasteiger partial charge on any atom is -0.296 e. The van der Waals surface area contributed by atoms with Gasteiger partial charge >= 0.3 is 0 Å². The zero-order valence-electron chi connectivity index (χ0n) is 13.8. The quantitative estimate of drug-likeness (QED) is 0.749. The SMILES string of the molecule is CCCC1CCC(C#N)C(N2CCC[C@H]3CCCC[C@H]32)C1. The van der Waals surface area contributed by atoms with Gasteiger partial charge in [-0.1, -0.05) is 32.6 Å². The average molecular weight is 288 g/mol. The van der Waals surface area contributed by atoms with Crippen molar-refractivity contribution in [3.05, 3.63) is 0 Å². The number of rotatable bonds is 3. The normalized spacial score (nSPS) is 41.2. The maximum atomic E-state index is 9.63. The number of hydrogen-bond donors (Lipinski definition) is 0. The Kier molecular flexibility index (Phi) is 5.22. The summed E-state index contributed by atoms with van der Waals surface area (Å²) in [6, 6.07) is 4.06. The van der Waals surface area contributed by atoms with Crippen LogP contribution in [0, 0.1) is 29.1 Å².